The van der Waals surface area contributed by atoms with Crippen molar-refractivity contribution >= 4 is 16.8 Å². The summed E-state index contributed by atoms with van der Waals surface area (Å²) in [5.41, 5.74) is 1.78. The summed E-state index contributed by atoms with van der Waals surface area (Å²) in [7, 11) is 0. The van der Waals surface area contributed by atoms with Crippen LogP contribution in [0.15, 0.2) is 42.9 Å². The first-order valence-electron chi connectivity index (χ1n) is 7.09. The molecular weight excluding hydrogens is 264 g/mol. The Balaban J connectivity index is 1.55. The van der Waals surface area contributed by atoms with Gasteiger partial charge in [0.25, 0.3) is 5.91 Å². The molecule has 0 atom stereocenters. The molecule has 21 heavy (non-hydrogen) atoms. The number of amides is 1. The van der Waals surface area contributed by atoms with Gasteiger partial charge in [0.15, 0.2) is 0 Å². The second-order valence-electron chi connectivity index (χ2n) is 5.49. The molecule has 4 rings (SSSR count). The van der Waals surface area contributed by atoms with Gasteiger partial charge in [0.05, 0.1) is 6.04 Å². The van der Waals surface area contributed by atoms with E-state index in [2.05, 4.69) is 14.5 Å². The maximum atomic E-state index is 12.6. The van der Waals surface area contributed by atoms with Crippen LogP contribution in [0.1, 0.15) is 22.2 Å². The fraction of sp³-hybridized carbons (Fsp3) is 0.250. The first kappa shape index (κ1) is 12.2. The number of rotatable bonds is 2. The van der Waals surface area contributed by atoms with E-state index in [-0.39, 0.29) is 5.91 Å². The lowest BCUT2D eigenvalue weighted by Gasteiger charge is -2.40. The third-order valence-electron chi connectivity index (χ3n) is 4.23. The first-order valence-corrected chi connectivity index (χ1v) is 7.09. The second kappa shape index (κ2) is 4.48. The smallest absolute Gasteiger partial charge is 0.254 e. The average Bonchev–Trinajstić information content (AvgIpc) is 3.06. The summed E-state index contributed by atoms with van der Waals surface area (Å²) in [5.74, 6) is 1.11. The third kappa shape index (κ3) is 1.85. The van der Waals surface area contributed by atoms with Gasteiger partial charge in [-0.3, -0.25) is 4.79 Å². The van der Waals surface area contributed by atoms with Gasteiger partial charge >= 0.3 is 0 Å². The zero-order chi connectivity index (χ0) is 14.4. The molecule has 0 spiro atoms. The summed E-state index contributed by atoms with van der Waals surface area (Å²) in [6.45, 7) is 3.48. The Morgan fingerprint density at radius 1 is 1.33 bits per heavy atom. The predicted octanol–water partition coefficient (Wildman–Crippen LogP) is 2.37. The molecule has 1 fully saturated rings. The van der Waals surface area contributed by atoms with Gasteiger partial charge in [0.2, 0.25) is 0 Å². The molecule has 1 saturated heterocycles. The van der Waals surface area contributed by atoms with E-state index in [9.17, 15) is 4.79 Å². The second-order valence-corrected chi connectivity index (χ2v) is 5.49. The lowest BCUT2D eigenvalue weighted by Crippen LogP contribution is -2.50. The lowest BCUT2D eigenvalue weighted by molar-refractivity contribution is 0.0519. The van der Waals surface area contributed by atoms with Crippen LogP contribution in [-0.2, 0) is 0 Å². The summed E-state index contributed by atoms with van der Waals surface area (Å²) >= 11 is 0. The predicted molar refractivity (Wildman–Crippen MR) is 80.2 cm³/mol. The van der Waals surface area contributed by atoms with Crippen molar-refractivity contribution in [2.75, 3.05) is 13.1 Å². The number of imidazole rings is 1. The Hall–Kier alpha value is -2.56. The number of aromatic amines is 1. The number of benzene rings is 1. The highest BCUT2D eigenvalue weighted by Crippen LogP contribution is 2.26. The monoisotopic (exact) mass is 280 g/mol. The van der Waals surface area contributed by atoms with Crippen LogP contribution < -0.4 is 0 Å². The summed E-state index contributed by atoms with van der Waals surface area (Å²) in [4.78, 5) is 21.9. The Kier molecular flexibility index (Phi) is 2.60. The highest BCUT2D eigenvalue weighted by molar-refractivity contribution is 6.06. The van der Waals surface area contributed by atoms with Gasteiger partial charge in [-0.1, -0.05) is 6.07 Å². The SMILES string of the molecule is Cc1nccn1C1CN(C(=O)c2cccc3[nH]ccc23)C1. The van der Waals surface area contributed by atoms with Crippen LogP contribution in [0.4, 0.5) is 0 Å². The zero-order valence-electron chi connectivity index (χ0n) is 11.8. The van der Waals surface area contributed by atoms with Crippen LogP contribution in [0.5, 0.6) is 0 Å². The molecule has 1 amide bonds. The van der Waals surface area contributed by atoms with Crippen molar-refractivity contribution < 1.29 is 4.79 Å². The van der Waals surface area contributed by atoms with Gasteiger partial charge in [0.1, 0.15) is 5.82 Å². The lowest BCUT2D eigenvalue weighted by atomic mass is 10.0. The molecule has 1 N–H and O–H groups in total. The normalized spacial score (nSPS) is 15.4. The molecule has 2 aromatic heterocycles. The number of nitrogens with one attached hydrogen (secondary N) is 1. The maximum Gasteiger partial charge on any atom is 0.254 e. The van der Waals surface area contributed by atoms with Crippen molar-refractivity contribution in [1.82, 2.24) is 19.4 Å². The van der Waals surface area contributed by atoms with E-state index >= 15 is 0 Å². The van der Waals surface area contributed by atoms with Crippen molar-refractivity contribution in [3.63, 3.8) is 0 Å². The van der Waals surface area contributed by atoms with Crippen LogP contribution in [0.2, 0.25) is 0 Å². The Labute approximate surface area is 122 Å². The number of H-pyrrole nitrogens is 1. The summed E-state index contributed by atoms with van der Waals surface area (Å²) in [6, 6.07) is 8.11. The Bertz CT molecular complexity index is 810. The molecule has 0 saturated carbocycles. The first-order chi connectivity index (χ1) is 10.2. The topological polar surface area (TPSA) is 53.9 Å². The molecule has 5 heteroatoms. The largest absolute Gasteiger partial charge is 0.361 e. The van der Waals surface area contributed by atoms with Crippen LogP contribution >= 0.6 is 0 Å². The standard InChI is InChI=1S/C16H16N4O/c1-11-17-7-8-20(11)12-9-19(10-12)16(21)14-3-2-4-15-13(14)5-6-18-15/h2-8,12,18H,9-10H2,1H3. The van der Waals surface area contributed by atoms with Crippen LogP contribution in [-0.4, -0.2) is 38.4 Å². The number of carbonyl (C=O) groups is 1. The van der Waals surface area contributed by atoms with Gasteiger partial charge in [0, 0.05) is 48.1 Å². The number of hydrogen-bond donors (Lipinski definition) is 1. The third-order valence-corrected chi connectivity index (χ3v) is 4.23. The van der Waals surface area contributed by atoms with Gasteiger partial charge in [-0.25, -0.2) is 4.98 Å². The van der Waals surface area contributed by atoms with E-state index in [1.165, 1.54) is 0 Å². The molecule has 0 unspecified atom stereocenters. The Morgan fingerprint density at radius 2 is 2.19 bits per heavy atom. The van der Waals surface area contributed by atoms with E-state index in [1.807, 2.05) is 48.5 Å². The van der Waals surface area contributed by atoms with Gasteiger partial charge in [-0.05, 0) is 25.1 Å². The van der Waals surface area contributed by atoms with Gasteiger partial charge < -0.3 is 14.5 Å². The number of carbonyl (C=O) groups excluding carboxylic acids is 1. The fourth-order valence-electron chi connectivity index (χ4n) is 3.01. The van der Waals surface area contributed by atoms with Gasteiger partial charge in [-0.15, -0.1) is 0 Å². The maximum absolute atomic E-state index is 12.6. The van der Waals surface area contributed by atoms with Crippen LogP contribution in [0.3, 0.4) is 0 Å². The number of nitrogens with zero attached hydrogens (tertiary/aromatic N) is 3. The zero-order valence-corrected chi connectivity index (χ0v) is 11.8. The van der Waals surface area contributed by atoms with E-state index in [0.717, 1.165) is 35.4 Å². The van der Waals surface area contributed by atoms with E-state index in [0.29, 0.717) is 6.04 Å². The van der Waals surface area contributed by atoms with Crippen molar-refractivity contribution in [3.05, 3.63) is 54.2 Å². The molecule has 1 aromatic carbocycles. The average molecular weight is 280 g/mol. The molecule has 1 aliphatic heterocycles. The number of aryl methyl sites for hydroxylation is 1. The number of aromatic nitrogens is 3. The van der Waals surface area contributed by atoms with Crippen molar-refractivity contribution in [2.24, 2.45) is 0 Å². The Morgan fingerprint density at radius 3 is 2.95 bits per heavy atom. The molecule has 3 aromatic rings. The summed E-state index contributed by atoms with van der Waals surface area (Å²) in [6.07, 6.45) is 5.66. The summed E-state index contributed by atoms with van der Waals surface area (Å²) in [5, 5.41) is 0.991. The minimum Gasteiger partial charge on any atom is -0.361 e. The van der Waals surface area contributed by atoms with E-state index in [4.69, 9.17) is 0 Å². The highest BCUT2D eigenvalue weighted by atomic mass is 16.2. The van der Waals surface area contributed by atoms with E-state index in [1.54, 1.807) is 6.20 Å². The molecule has 1 aliphatic rings. The fourth-order valence-corrected chi connectivity index (χ4v) is 3.01. The molecule has 0 aliphatic carbocycles. The van der Waals surface area contributed by atoms with Crippen molar-refractivity contribution in [1.29, 1.82) is 0 Å². The minimum absolute atomic E-state index is 0.106. The molecule has 5 nitrogen and oxygen atoms in total. The van der Waals surface area contributed by atoms with Gasteiger partial charge in [-0.2, -0.15) is 0 Å². The molecule has 106 valence electrons. The summed E-state index contributed by atoms with van der Waals surface area (Å²) < 4.78 is 2.14. The quantitative estimate of drug-likeness (QED) is 0.783. The van der Waals surface area contributed by atoms with Crippen molar-refractivity contribution in [3.8, 4) is 0 Å². The van der Waals surface area contributed by atoms with Crippen LogP contribution in [0, 0.1) is 6.92 Å². The molecular formula is C16H16N4O. The minimum atomic E-state index is 0.106. The van der Waals surface area contributed by atoms with Crippen LogP contribution in [0.25, 0.3) is 10.9 Å². The molecule has 0 bridgehead atoms. The molecule has 3 heterocycles. The number of hydrogen-bond acceptors (Lipinski definition) is 2. The molecule has 0 radical (unpaired) electrons. The van der Waals surface area contributed by atoms with Crippen molar-refractivity contribution in [2.45, 2.75) is 13.0 Å². The number of likely N-dealkylation sites (tertiary alicyclic amines) is 1. The number of fused-ring (bicyclic) bond motifs is 1. The van der Waals surface area contributed by atoms with E-state index < -0.39 is 0 Å². The highest BCUT2D eigenvalue weighted by Gasteiger charge is 2.33.